The lowest BCUT2D eigenvalue weighted by Gasteiger charge is -2.05. The Morgan fingerprint density at radius 3 is 2.71 bits per heavy atom. The summed E-state index contributed by atoms with van der Waals surface area (Å²) in [6, 6.07) is 7.91. The van der Waals surface area contributed by atoms with E-state index in [2.05, 4.69) is 21.0 Å². The molecular formula is C12H14BrN3S. The first kappa shape index (κ1) is 12.5. The highest BCUT2D eigenvalue weighted by Crippen LogP contribution is 2.31. The molecule has 2 aromatic rings. The highest BCUT2D eigenvalue weighted by Gasteiger charge is 2.11. The van der Waals surface area contributed by atoms with Crippen molar-refractivity contribution < 1.29 is 0 Å². The van der Waals surface area contributed by atoms with Crippen LogP contribution < -0.4 is 5.73 Å². The van der Waals surface area contributed by atoms with Crippen molar-refractivity contribution in [3.63, 3.8) is 0 Å². The zero-order chi connectivity index (χ0) is 12.4. The SMILES string of the molecule is Cc1nn(C)c(CSc2ccccc2N)c1Br. The first-order valence-electron chi connectivity index (χ1n) is 5.25. The Hall–Kier alpha value is -0.940. The van der Waals surface area contributed by atoms with Crippen molar-refractivity contribution in [2.75, 3.05) is 5.73 Å². The van der Waals surface area contributed by atoms with Crippen LogP contribution in [0.3, 0.4) is 0 Å². The number of nitrogens with two attached hydrogens (primary N) is 1. The first-order valence-corrected chi connectivity index (χ1v) is 7.02. The van der Waals surface area contributed by atoms with Crippen LogP contribution in [0.5, 0.6) is 0 Å². The minimum atomic E-state index is 0.826. The van der Waals surface area contributed by atoms with E-state index in [1.807, 2.05) is 42.9 Å². The maximum Gasteiger partial charge on any atom is 0.0738 e. The molecule has 2 N–H and O–H groups in total. The molecule has 17 heavy (non-hydrogen) atoms. The van der Waals surface area contributed by atoms with Gasteiger partial charge in [0.05, 0.1) is 15.9 Å². The number of para-hydroxylation sites is 1. The van der Waals surface area contributed by atoms with Crippen LogP contribution in [-0.4, -0.2) is 9.78 Å². The van der Waals surface area contributed by atoms with Crippen LogP contribution in [0.1, 0.15) is 11.4 Å². The molecule has 0 aliphatic rings. The molecule has 1 heterocycles. The van der Waals surface area contributed by atoms with Gasteiger partial charge in [0.2, 0.25) is 0 Å². The average molecular weight is 312 g/mol. The van der Waals surface area contributed by atoms with Gasteiger partial charge in [0.15, 0.2) is 0 Å². The Balaban J connectivity index is 2.15. The monoisotopic (exact) mass is 311 g/mol. The van der Waals surface area contributed by atoms with Crippen molar-refractivity contribution in [2.45, 2.75) is 17.6 Å². The van der Waals surface area contributed by atoms with Crippen molar-refractivity contribution in [3.8, 4) is 0 Å². The topological polar surface area (TPSA) is 43.8 Å². The average Bonchev–Trinajstić information content (AvgIpc) is 2.53. The van der Waals surface area contributed by atoms with Crippen molar-refractivity contribution in [3.05, 3.63) is 40.1 Å². The van der Waals surface area contributed by atoms with Gasteiger partial charge >= 0.3 is 0 Å². The van der Waals surface area contributed by atoms with Gasteiger partial charge in [-0.15, -0.1) is 11.8 Å². The van der Waals surface area contributed by atoms with E-state index < -0.39 is 0 Å². The lowest BCUT2D eigenvalue weighted by molar-refractivity contribution is 0.727. The summed E-state index contributed by atoms with van der Waals surface area (Å²) in [7, 11) is 1.96. The molecule has 0 radical (unpaired) electrons. The van der Waals surface area contributed by atoms with Gasteiger partial charge in [0.25, 0.3) is 0 Å². The second kappa shape index (κ2) is 5.14. The van der Waals surface area contributed by atoms with E-state index in [0.717, 1.165) is 26.5 Å². The van der Waals surface area contributed by atoms with Crippen molar-refractivity contribution in [1.82, 2.24) is 9.78 Å². The van der Waals surface area contributed by atoms with Gasteiger partial charge in [-0.1, -0.05) is 12.1 Å². The summed E-state index contributed by atoms with van der Waals surface area (Å²) in [5, 5.41) is 4.37. The Labute approximate surface area is 114 Å². The molecule has 0 bridgehead atoms. The number of nitrogens with zero attached hydrogens (tertiary/aromatic N) is 2. The molecule has 1 aromatic heterocycles. The van der Waals surface area contributed by atoms with Crippen LogP contribution in [-0.2, 0) is 12.8 Å². The molecule has 0 unspecified atom stereocenters. The zero-order valence-electron chi connectivity index (χ0n) is 9.77. The number of nitrogen functional groups attached to an aromatic ring is 1. The number of hydrogen-bond acceptors (Lipinski definition) is 3. The molecule has 0 amide bonds. The first-order chi connectivity index (χ1) is 8.09. The minimum Gasteiger partial charge on any atom is -0.398 e. The van der Waals surface area contributed by atoms with E-state index in [9.17, 15) is 0 Å². The molecule has 0 saturated carbocycles. The van der Waals surface area contributed by atoms with Crippen LogP contribution in [0.25, 0.3) is 0 Å². The van der Waals surface area contributed by atoms with Crippen LogP contribution in [0.4, 0.5) is 5.69 Å². The summed E-state index contributed by atoms with van der Waals surface area (Å²) in [4.78, 5) is 1.11. The number of anilines is 1. The Bertz CT molecular complexity index is 537. The molecule has 5 heteroatoms. The third-order valence-corrected chi connectivity index (χ3v) is 4.68. The van der Waals surface area contributed by atoms with Gasteiger partial charge in [-0.05, 0) is 35.0 Å². The molecule has 0 fully saturated rings. The maximum absolute atomic E-state index is 5.91. The number of aromatic nitrogens is 2. The lowest BCUT2D eigenvalue weighted by Crippen LogP contribution is -1.97. The normalized spacial score (nSPS) is 10.8. The lowest BCUT2D eigenvalue weighted by atomic mass is 10.3. The Kier molecular flexibility index (Phi) is 3.79. The van der Waals surface area contributed by atoms with Crippen molar-refractivity contribution >= 4 is 33.4 Å². The van der Waals surface area contributed by atoms with E-state index in [-0.39, 0.29) is 0 Å². The van der Waals surface area contributed by atoms with Gasteiger partial charge < -0.3 is 5.73 Å². The van der Waals surface area contributed by atoms with Crippen molar-refractivity contribution in [2.24, 2.45) is 7.05 Å². The molecule has 0 aliphatic heterocycles. The van der Waals surface area contributed by atoms with Crippen LogP contribution in [0.15, 0.2) is 33.6 Å². The number of thioether (sulfide) groups is 1. The molecule has 3 nitrogen and oxygen atoms in total. The van der Waals surface area contributed by atoms with Gasteiger partial charge in [0.1, 0.15) is 0 Å². The van der Waals surface area contributed by atoms with Gasteiger partial charge in [0, 0.05) is 23.4 Å². The maximum atomic E-state index is 5.91. The summed E-state index contributed by atoms with van der Waals surface area (Å²) >= 11 is 5.29. The van der Waals surface area contributed by atoms with Gasteiger partial charge in [-0.3, -0.25) is 4.68 Å². The Morgan fingerprint density at radius 2 is 2.12 bits per heavy atom. The third kappa shape index (κ3) is 2.66. The summed E-state index contributed by atoms with van der Waals surface area (Å²) in [5.41, 5.74) is 8.93. The quantitative estimate of drug-likeness (QED) is 0.698. The van der Waals surface area contributed by atoms with Crippen LogP contribution in [0, 0.1) is 6.92 Å². The smallest absolute Gasteiger partial charge is 0.0738 e. The summed E-state index contributed by atoms with van der Waals surface area (Å²) in [5.74, 6) is 0.853. The van der Waals surface area contributed by atoms with E-state index in [1.54, 1.807) is 11.8 Å². The summed E-state index contributed by atoms with van der Waals surface area (Å²) in [6.07, 6.45) is 0. The van der Waals surface area contributed by atoms with Crippen LogP contribution in [0.2, 0.25) is 0 Å². The van der Waals surface area contributed by atoms with Crippen molar-refractivity contribution in [1.29, 1.82) is 0 Å². The number of halogens is 1. The van der Waals surface area contributed by atoms with E-state index in [0.29, 0.717) is 0 Å². The van der Waals surface area contributed by atoms with E-state index >= 15 is 0 Å². The van der Waals surface area contributed by atoms with Gasteiger partial charge in [-0.2, -0.15) is 5.10 Å². The highest BCUT2D eigenvalue weighted by atomic mass is 79.9. The standard InChI is InChI=1S/C12H14BrN3S/c1-8-12(13)10(16(2)15-8)7-17-11-6-4-3-5-9(11)14/h3-6H,7,14H2,1-2H3. The predicted molar refractivity (Wildman–Crippen MR) is 76.1 cm³/mol. The molecule has 0 saturated heterocycles. The fraction of sp³-hybridized carbons (Fsp3) is 0.250. The molecule has 0 aliphatic carbocycles. The second-order valence-electron chi connectivity index (χ2n) is 3.80. The van der Waals surface area contributed by atoms with Crippen LogP contribution >= 0.6 is 27.7 Å². The fourth-order valence-electron chi connectivity index (χ4n) is 1.59. The van der Waals surface area contributed by atoms with E-state index in [4.69, 9.17) is 5.73 Å². The molecule has 0 spiro atoms. The number of hydrogen-bond donors (Lipinski definition) is 1. The largest absolute Gasteiger partial charge is 0.398 e. The fourth-order valence-corrected chi connectivity index (χ4v) is 3.29. The zero-order valence-corrected chi connectivity index (χ0v) is 12.2. The number of benzene rings is 1. The molecular weight excluding hydrogens is 298 g/mol. The summed E-state index contributed by atoms with van der Waals surface area (Å²) in [6.45, 7) is 2.00. The second-order valence-corrected chi connectivity index (χ2v) is 5.61. The molecule has 0 atom stereocenters. The highest BCUT2D eigenvalue weighted by molar-refractivity contribution is 9.10. The number of rotatable bonds is 3. The molecule has 90 valence electrons. The predicted octanol–water partition coefficient (Wildman–Crippen LogP) is 3.37. The van der Waals surface area contributed by atoms with Gasteiger partial charge in [-0.25, -0.2) is 0 Å². The summed E-state index contributed by atoms with van der Waals surface area (Å²) < 4.78 is 2.99. The molecule has 2 rings (SSSR count). The minimum absolute atomic E-state index is 0.826. The Morgan fingerprint density at radius 1 is 1.41 bits per heavy atom. The van der Waals surface area contributed by atoms with E-state index in [1.165, 1.54) is 5.69 Å². The molecule has 1 aromatic carbocycles. The third-order valence-electron chi connectivity index (χ3n) is 2.55. The number of aryl methyl sites for hydroxylation is 2.